The van der Waals surface area contributed by atoms with Gasteiger partial charge in [0.2, 0.25) is 5.91 Å². The molecule has 1 aliphatic rings. The average molecular weight is 396 g/mol. The first-order valence-electron chi connectivity index (χ1n) is 9.73. The van der Waals surface area contributed by atoms with Gasteiger partial charge in [0.1, 0.15) is 11.2 Å². The highest BCUT2D eigenvalue weighted by molar-refractivity contribution is 5.99. The zero-order chi connectivity index (χ0) is 20.9. The van der Waals surface area contributed by atoms with E-state index in [2.05, 4.69) is 0 Å². The monoisotopic (exact) mass is 396 g/mol. The Bertz CT molecular complexity index is 1200. The third kappa shape index (κ3) is 3.10. The van der Waals surface area contributed by atoms with Gasteiger partial charge in [-0.25, -0.2) is 4.79 Å². The minimum Gasteiger partial charge on any atom is -0.548 e. The summed E-state index contributed by atoms with van der Waals surface area (Å²) in [6, 6.07) is 1.07. The van der Waals surface area contributed by atoms with E-state index < -0.39 is 17.6 Å². The van der Waals surface area contributed by atoms with E-state index in [4.69, 9.17) is 8.83 Å². The van der Waals surface area contributed by atoms with Crippen LogP contribution in [0.3, 0.4) is 0 Å². The number of amides is 1. The number of furan rings is 1. The van der Waals surface area contributed by atoms with Crippen molar-refractivity contribution in [3.63, 3.8) is 0 Å². The summed E-state index contributed by atoms with van der Waals surface area (Å²) < 4.78 is 11.2. The van der Waals surface area contributed by atoms with Crippen molar-refractivity contribution in [2.75, 3.05) is 6.54 Å². The number of likely N-dealkylation sites (tertiary alicyclic amines) is 1. The highest BCUT2D eigenvalue weighted by Gasteiger charge is 2.29. The first-order chi connectivity index (χ1) is 13.8. The molecule has 0 N–H and O–H groups in total. The van der Waals surface area contributed by atoms with E-state index >= 15 is 0 Å². The maximum Gasteiger partial charge on any atom is 0.339 e. The molecule has 29 heavy (non-hydrogen) atoms. The van der Waals surface area contributed by atoms with Gasteiger partial charge in [0.05, 0.1) is 18.3 Å². The molecule has 7 heteroatoms. The van der Waals surface area contributed by atoms with Gasteiger partial charge in [-0.15, -0.1) is 0 Å². The molecule has 0 unspecified atom stereocenters. The third-order valence-corrected chi connectivity index (χ3v) is 5.97. The van der Waals surface area contributed by atoms with Gasteiger partial charge in [-0.05, 0) is 57.2 Å². The van der Waals surface area contributed by atoms with E-state index in [0.717, 1.165) is 27.5 Å². The van der Waals surface area contributed by atoms with E-state index in [1.54, 1.807) is 6.26 Å². The molecule has 0 spiro atoms. The van der Waals surface area contributed by atoms with Crippen LogP contribution in [0.5, 0.6) is 0 Å². The Labute approximate surface area is 166 Å². The molecule has 7 nitrogen and oxygen atoms in total. The van der Waals surface area contributed by atoms with E-state index in [0.29, 0.717) is 36.1 Å². The number of carbonyl (C=O) groups is 2. The number of hydrogen-bond donors (Lipinski definition) is 0. The lowest BCUT2D eigenvalue weighted by Crippen LogP contribution is -2.47. The lowest BCUT2D eigenvalue weighted by molar-refractivity contribution is -0.310. The Morgan fingerprint density at radius 3 is 2.66 bits per heavy atom. The molecule has 0 saturated carbocycles. The van der Waals surface area contributed by atoms with E-state index in [9.17, 15) is 19.5 Å². The zero-order valence-corrected chi connectivity index (χ0v) is 16.7. The van der Waals surface area contributed by atoms with Crippen LogP contribution in [0.1, 0.15) is 41.5 Å². The SMILES string of the molecule is Cc1coc2c(C)c3oc(=O)c(CCC(=O)N4CCC[C@H]4C(=O)[O-])c(C)c3cc12. The van der Waals surface area contributed by atoms with Crippen LogP contribution in [-0.2, 0) is 16.0 Å². The minimum atomic E-state index is -1.23. The predicted octanol–water partition coefficient (Wildman–Crippen LogP) is 2.14. The Morgan fingerprint density at radius 2 is 1.93 bits per heavy atom. The molecule has 3 heterocycles. The van der Waals surface area contributed by atoms with Crippen molar-refractivity contribution in [2.24, 2.45) is 0 Å². The molecular weight excluding hydrogens is 374 g/mol. The topological polar surface area (TPSA) is 104 Å². The fraction of sp³-hybridized carbons (Fsp3) is 0.409. The molecule has 2 aromatic heterocycles. The maximum absolute atomic E-state index is 12.6. The number of nitrogens with zero attached hydrogens (tertiary/aromatic N) is 1. The van der Waals surface area contributed by atoms with Crippen LogP contribution >= 0.6 is 0 Å². The van der Waals surface area contributed by atoms with Crippen molar-refractivity contribution in [1.29, 1.82) is 0 Å². The summed E-state index contributed by atoms with van der Waals surface area (Å²) in [4.78, 5) is 37.7. The molecule has 4 rings (SSSR count). The third-order valence-electron chi connectivity index (χ3n) is 5.97. The molecule has 0 radical (unpaired) electrons. The van der Waals surface area contributed by atoms with Gasteiger partial charge in [0.15, 0.2) is 0 Å². The maximum atomic E-state index is 12.6. The fourth-order valence-corrected chi connectivity index (χ4v) is 4.29. The van der Waals surface area contributed by atoms with Crippen LogP contribution in [0.25, 0.3) is 21.9 Å². The molecule has 0 aliphatic carbocycles. The molecule has 1 atom stereocenters. The lowest BCUT2D eigenvalue weighted by atomic mass is 9.98. The number of aliphatic carboxylic acids is 1. The van der Waals surface area contributed by atoms with E-state index in [-0.39, 0.29) is 18.7 Å². The number of rotatable bonds is 4. The number of carboxylic acids is 1. The number of carboxylic acid groups (broad SMARTS) is 1. The molecule has 1 amide bonds. The quantitative estimate of drug-likeness (QED) is 0.626. The van der Waals surface area contributed by atoms with Gasteiger partial charge in [0.25, 0.3) is 0 Å². The van der Waals surface area contributed by atoms with Crippen molar-refractivity contribution in [3.05, 3.63) is 45.0 Å². The molecule has 3 aromatic rings. The summed E-state index contributed by atoms with van der Waals surface area (Å²) in [6.07, 6.45) is 2.96. The summed E-state index contributed by atoms with van der Waals surface area (Å²) in [5.74, 6) is -1.51. The van der Waals surface area contributed by atoms with Crippen molar-refractivity contribution in [1.82, 2.24) is 4.90 Å². The van der Waals surface area contributed by atoms with Crippen LogP contribution in [0.4, 0.5) is 0 Å². The Hall–Kier alpha value is -3.09. The van der Waals surface area contributed by atoms with Gasteiger partial charge >= 0.3 is 5.63 Å². The first kappa shape index (κ1) is 19.2. The van der Waals surface area contributed by atoms with Crippen molar-refractivity contribution < 1.29 is 23.5 Å². The van der Waals surface area contributed by atoms with Crippen molar-refractivity contribution in [3.8, 4) is 0 Å². The predicted molar refractivity (Wildman–Crippen MR) is 105 cm³/mol. The lowest BCUT2D eigenvalue weighted by Gasteiger charge is -2.25. The van der Waals surface area contributed by atoms with E-state index in [1.165, 1.54) is 4.90 Å². The molecular formula is C22H22NO6-. The molecule has 152 valence electrons. The van der Waals surface area contributed by atoms with Crippen LogP contribution in [0.15, 0.2) is 26.0 Å². The standard InChI is InChI=1S/C22H23NO6/c1-11-10-28-19-13(3)20-16(9-15(11)19)12(2)14(22(27)29-20)6-7-18(24)23-8-4-5-17(23)21(25)26/h9-10,17H,4-8H2,1-3H3,(H,25,26)/p-1/t17-/m0/s1. The van der Waals surface area contributed by atoms with Gasteiger partial charge in [0, 0.05) is 34.9 Å². The molecule has 0 bridgehead atoms. The average Bonchev–Trinajstić information content (AvgIpc) is 3.30. The second-order valence-corrected chi connectivity index (χ2v) is 7.73. The van der Waals surface area contributed by atoms with E-state index in [1.807, 2.05) is 26.8 Å². The summed E-state index contributed by atoms with van der Waals surface area (Å²) in [7, 11) is 0. The molecule has 1 saturated heterocycles. The summed E-state index contributed by atoms with van der Waals surface area (Å²) in [5.41, 5.74) is 3.68. The molecule has 1 aliphatic heterocycles. The molecule has 1 fully saturated rings. The van der Waals surface area contributed by atoms with Gasteiger partial charge < -0.3 is 23.6 Å². The van der Waals surface area contributed by atoms with Crippen molar-refractivity contribution >= 4 is 33.8 Å². The Kier molecular flexibility index (Phi) is 4.68. The largest absolute Gasteiger partial charge is 0.548 e. The highest BCUT2D eigenvalue weighted by Crippen LogP contribution is 2.32. The van der Waals surface area contributed by atoms with Gasteiger partial charge in [-0.1, -0.05) is 0 Å². The summed E-state index contributed by atoms with van der Waals surface area (Å²) in [5, 5.41) is 13.0. The van der Waals surface area contributed by atoms with Crippen LogP contribution in [0, 0.1) is 20.8 Å². The van der Waals surface area contributed by atoms with Crippen LogP contribution < -0.4 is 10.7 Å². The number of fused-ring (bicyclic) bond motifs is 2. The van der Waals surface area contributed by atoms with Gasteiger partial charge in [-0.3, -0.25) is 4.79 Å². The van der Waals surface area contributed by atoms with Crippen LogP contribution in [-0.4, -0.2) is 29.4 Å². The first-order valence-corrected chi connectivity index (χ1v) is 9.73. The van der Waals surface area contributed by atoms with Crippen LogP contribution in [0.2, 0.25) is 0 Å². The number of carbonyl (C=O) groups excluding carboxylic acids is 2. The Balaban J connectivity index is 1.68. The number of hydrogen-bond acceptors (Lipinski definition) is 6. The normalized spacial score (nSPS) is 16.8. The summed E-state index contributed by atoms with van der Waals surface area (Å²) in [6.45, 7) is 6.06. The summed E-state index contributed by atoms with van der Waals surface area (Å²) >= 11 is 0. The molecule has 1 aromatic carbocycles. The fourth-order valence-electron chi connectivity index (χ4n) is 4.29. The smallest absolute Gasteiger partial charge is 0.339 e. The number of aryl methyl sites for hydroxylation is 3. The second-order valence-electron chi connectivity index (χ2n) is 7.73. The highest BCUT2D eigenvalue weighted by atomic mass is 16.4. The zero-order valence-electron chi connectivity index (χ0n) is 16.7. The number of benzene rings is 1. The second kappa shape index (κ2) is 7.06. The Morgan fingerprint density at radius 1 is 1.17 bits per heavy atom. The minimum absolute atomic E-state index is 0.0485. The van der Waals surface area contributed by atoms with Crippen molar-refractivity contribution in [2.45, 2.75) is 52.5 Å². The van der Waals surface area contributed by atoms with Gasteiger partial charge in [-0.2, -0.15) is 0 Å².